The molecule has 2 atom stereocenters. The van der Waals surface area contributed by atoms with Crippen LogP contribution in [-0.4, -0.2) is 30.4 Å². The van der Waals surface area contributed by atoms with Crippen LogP contribution in [0.1, 0.15) is 34.4 Å². The molecule has 0 amide bonds. The molecule has 2 unspecified atom stereocenters. The molecule has 3 aromatic rings. The maximum Gasteiger partial charge on any atom is 0.416 e. The first kappa shape index (κ1) is 26.2. The van der Waals surface area contributed by atoms with Gasteiger partial charge in [0.15, 0.2) is 6.61 Å². The Morgan fingerprint density at radius 2 is 1.88 bits per heavy atom. The second-order valence-electron chi connectivity index (χ2n) is 7.95. The van der Waals surface area contributed by atoms with Crippen LogP contribution in [0, 0.1) is 0 Å². The van der Waals surface area contributed by atoms with Gasteiger partial charge in [0, 0.05) is 22.8 Å². The second kappa shape index (κ2) is 11.8. The van der Waals surface area contributed by atoms with Gasteiger partial charge in [0.05, 0.1) is 5.56 Å². The molecule has 0 saturated heterocycles. The van der Waals surface area contributed by atoms with Crippen molar-refractivity contribution in [3.8, 4) is 16.2 Å². The number of aliphatic carboxylic acids is 1. The first-order valence-corrected chi connectivity index (χ1v) is 12.4. The van der Waals surface area contributed by atoms with Gasteiger partial charge in [-0.25, -0.2) is 4.79 Å². The smallest absolute Gasteiger partial charge is 0.416 e. The van der Waals surface area contributed by atoms with E-state index in [4.69, 9.17) is 9.84 Å². The first-order chi connectivity index (χ1) is 16.2. The third-order valence-electron chi connectivity index (χ3n) is 5.33. The Bertz CT molecular complexity index is 1100. The van der Waals surface area contributed by atoms with Crippen LogP contribution in [0.3, 0.4) is 0 Å². The van der Waals surface area contributed by atoms with Crippen molar-refractivity contribution in [3.05, 3.63) is 76.2 Å². The van der Waals surface area contributed by atoms with Gasteiger partial charge < -0.3 is 15.2 Å². The average Bonchev–Trinajstić information content (AvgIpc) is 3.27. The predicted molar refractivity (Wildman–Crippen MR) is 133 cm³/mol. The van der Waals surface area contributed by atoms with Crippen LogP contribution in [0.5, 0.6) is 5.75 Å². The summed E-state index contributed by atoms with van der Waals surface area (Å²) in [6.45, 7) is 3.08. The fourth-order valence-electron chi connectivity index (χ4n) is 3.62. The van der Waals surface area contributed by atoms with Crippen LogP contribution in [-0.2, 0) is 23.9 Å². The van der Waals surface area contributed by atoms with Gasteiger partial charge in [-0.1, -0.05) is 25.1 Å². The predicted octanol–water partition coefficient (Wildman–Crippen LogP) is 6.21. The van der Waals surface area contributed by atoms with Gasteiger partial charge in [-0.15, -0.1) is 20.6 Å². The second-order valence-corrected chi connectivity index (χ2v) is 9.70. The van der Waals surface area contributed by atoms with E-state index >= 15 is 0 Å². The number of hydrogen-bond donors (Lipinski definition) is 2. The maximum absolute atomic E-state index is 12.8. The van der Waals surface area contributed by atoms with Crippen LogP contribution in [0.15, 0.2) is 54.6 Å². The van der Waals surface area contributed by atoms with Crippen LogP contribution >= 0.6 is 20.6 Å². The van der Waals surface area contributed by atoms with Gasteiger partial charge in [-0.2, -0.15) is 13.2 Å². The van der Waals surface area contributed by atoms with Crippen LogP contribution < -0.4 is 10.1 Å². The molecule has 182 valence electrons. The van der Waals surface area contributed by atoms with E-state index < -0.39 is 17.7 Å². The Kier molecular flexibility index (Phi) is 9.11. The quantitative estimate of drug-likeness (QED) is 0.302. The molecule has 0 radical (unpaired) electrons. The van der Waals surface area contributed by atoms with Gasteiger partial charge >= 0.3 is 12.1 Å². The molecule has 1 aromatic heterocycles. The van der Waals surface area contributed by atoms with Gasteiger partial charge in [-0.05, 0) is 71.6 Å². The zero-order valence-corrected chi connectivity index (χ0v) is 20.7. The zero-order valence-electron chi connectivity index (χ0n) is 18.7. The largest absolute Gasteiger partial charge is 0.482 e. The number of nitrogens with one attached hydrogen (secondary N) is 1. The summed E-state index contributed by atoms with van der Waals surface area (Å²) in [5.74, 6) is -0.303. The van der Waals surface area contributed by atoms with E-state index in [-0.39, 0.29) is 12.5 Å². The Morgan fingerprint density at radius 1 is 1.15 bits per heavy atom. The lowest BCUT2D eigenvalue weighted by molar-refractivity contribution is -0.139. The minimum Gasteiger partial charge on any atom is -0.482 e. The summed E-state index contributed by atoms with van der Waals surface area (Å²) in [6, 6.07) is 14.8. The fraction of sp³-hybridized carbons (Fsp3) is 0.320. The Balaban J connectivity index is 1.60. The highest BCUT2D eigenvalue weighted by Gasteiger charge is 2.30. The summed E-state index contributed by atoms with van der Waals surface area (Å²) in [4.78, 5) is 12.8. The van der Waals surface area contributed by atoms with E-state index in [1.807, 2.05) is 24.3 Å². The molecule has 2 aromatic carbocycles. The molecule has 0 spiro atoms. The number of carboxylic acid groups (broad SMARTS) is 1. The van der Waals surface area contributed by atoms with E-state index in [9.17, 15) is 18.0 Å². The molecule has 1 heterocycles. The van der Waals surface area contributed by atoms with E-state index in [0.29, 0.717) is 18.8 Å². The lowest BCUT2D eigenvalue weighted by Crippen LogP contribution is -2.20. The van der Waals surface area contributed by atoms with Crippen LogP contribution in [0.2, 0.25) is 0 Å². The molecular weight excluding hydrogens is 482 g/mol. The van der Waals surface area contributed by atoms with Crippen molar-refractivity contribution in [2.45, 2.75) is 32.0 Å². The number of carboxylic acids is 1. The van der Waals surface area contributed by atoms with E-state index in [1.54, 1.807) is 17.4 Å². The Hall–Kier alpha value is -2.41. The number of halogens is 3. The maximum atomic E-state index is 12.8. The number of benzene rings is 2. The number of alkyl halides is 3. The van der Waals surface area contributed by atoms with Crippen molar-refractivity contribution >= 4 is 26.5 Å². The summed E-state index contributed by atoms with van der Waals surface area (Å²) in [7, 11) is 2.72. The molecule has 9 heteroatoms. The number of hydrogen-bond acceptors (Lipinski definition) is 4. The highest BCUT2D eigenvalue weighted by molar-refractivity contribution is 7.16. The van der Waals surface area contributed by atoms with Crippen molar-refractivity contribution < 1.29 is 27.8 Å². The van der Waals surface area contributed by atoms with Gasteiger partial charge in [-0.3, -0.25) is 0 Å². The van der Waals surface area contributed by atoms with Crippen molar-refractivity contribution in [1.29, 1.82) is 0 Å². The lowest BCUT2D eigenvalue weighted by atomic mass is 9.94. The molecule has 4 nitrogen and oxygen atoms in total. The molecule has 0 aliphatic rings. The number of rotatable bonds is 11. The SMILES string of the molecule is CC(CNCc1ccc(-c2ccc(C(F)(F)F)cc2)s1)c1cc(OCC(=O)O)ccc1CCP. The lowest BCUT2D eigenvalue weighted by Gasteiger charge is -2.18. The van der Waals surface area contributed by atoms with Crippen molar-refractivity contribution in [1.82, 2.24) is 5.32 Å². The monoisotopic (exact) mass is 509 g/mol. The van der Waals surface area contributed by atoms with E-state index in [2.05, 4.69) is 21.5 Å². The molecule has 0 saturated carbocycles. The molecule has 0 aliphatic carbocycles. The molecule has 2 N–H and O–H groups in total. The van der Waals surface area contributed by atoms with Crippen molar-refractivity contribution in [3.63, 3.8) is 0 Å². The Labute approximate surface area is 203 Å². The standard InChI is InChI=1S/C25H27F3NO3PS/c1-16(22-12-20(32-15-24(30)31)7-4-17(22)10-11-33)13-29-14-21-8-9-23(34-21)18-2-5-19(6-3-18)25(26,27)28/h2-9,12,16,29H,10-11,13-15,33H2,1H3,(H,30,31). The molecule has 0 aliphatic heterocycles. The Morgan fingerprint density at radius 3 is 2.53 bits per heavy atom. The summed E-state index contributed by atoms with van der Waals surface area (Å²) < 4.78 is 43.7. The number of thiophene rings is 1. The minimum atomic E-state index is -4.34. The van der Waals surface area contributed by atoms with E-state index in [1.165, 1.54) is 17.7 Å². The third-order valence-corrected chi connectivity index (χ3v) is 6.76. The van der Waals surface area contributed by atoms with Crippen LogP contribution in [0.25, 0.3) is 10.4 Å². The minimum absolute atomic E-state index is 0.175. The number of ether oxygens (including phenoxy) is 1. The van der Waals surface area contributed by atoms with Crippen LogP contribution in [0.4, 0.5) is 13.2 Å². The zero-order chi connectivity index (χ0) is 24.7. The van der Waals surface area contributed by atoms with Crippen molar-refractivity contribution in [2.24, 2.45) is 0 Å². The summed E-state index contributed by atoms with van der Waals surface area (Å²) in [5, 5.41) is 12.3. The highest BCUT2D eigenvalue weighted by Crippen LogP contribution is 2.33. The summed E-state index contributed by atoms with van der Waals surface area (Å²) >= 11 is 1.55. The fourth-order valence-corrected chi connectivity index (χ4v) is 4.92. The molecule has 0 bridgehead atoms. The molecule has 0 fully saturated rings. The van der Waals surface area contributed by atoms with Gasteiger partial charge in [0.1, 0.15) is 5.75 Å². The molecular formula is C25H27F3NO3PS. The highest BCUT2D eigenvalue weighted by atomic mass is 32.1. The average molecular weight is 510 g/mol. The van der Waals surface area contributed by atoms with Gasteiger partial charge in [0.2, 0.25) is 0 Å². The number of carbonyl (C=O) groups is 1. The first-order valence-electron chi connectivity index (χ1n) is 10.8. The van der Waals surface area contributed by atoms with Gasteiger partial charge in [0.25, 0.3) is 0 Å². The van der Waals surface area contributed by atoms with Crippen molar-refractivity contribution in [2.75, 3.05) is 19.3 Å². The normalized spacial score (nSPS) is 12.5. The number of aryl methyl sites for hydroxylation is 1. The summed E-state index contributed by atoms with van der Waals surface area (Å²) in [6.07, 6.45) is -2.52. The molecule has 34 heavy (non-hydrogen) atoms. The summed E-state index contributed by atoms with van der Waals surface area (Å²) in [5.41, 5.74) is 2.43. The van der Waals surface area contributed by atoms with E-state index in [0.717, 1.165) is 45.6 Å². The molecule has 3 rings (SSSR count). The topological polar surface area (TPSA) is 58.6 Å². The third kappa shape index (κ3) is 7.29.